The minimum absolute atomic E-state index is 0.00247. The topological polar surface area (TPSA) is 155 Å². The Morgan fingerprint density at radius 3 is 2.38 bits per heavy atom. The molecular formula is C28H47NO10. The molecule has 0 aromatic carbocycles. The van der Waals surface area contributed by atoms with Crippen LogP contribution in [0.4, 0.5) is 0 Å². The minimum Gasteiger partial charge on any atom is -0.462 e. The lowest BCUT2D eigenvalue weighted by Crippen LogP contribution is -2.63. The molecule has 39 heavy (non-hydrogen) atoms. The molecule has 2 heterocycles. The summed E-state index contributed by atoms with van der Waals surface area (Å²) in [5, 5.41) is 43.6. The number of nitrogens with zero attached hydrogens (tertiary/aromatic N) is 1. The molecule has 0 amide bonds. The van der Waals surface area contributed by atoms with Crippen molar-refractivity contribution in [3.05, 3.63) is 24.3 Å². The van der Waals surface area contributed by atoms with E-state index in [-0.39, 0.29) is 18.8 Å². The van der Waals surface area contributed by atoms with E-state index < -0.39 is 73.1 Å². The summed E-state index contributed by atoms with van der Waals surface area (Å²) in [4.78, 5) is 26.1. The average molecular weight is 558 g/mol. The van der Waals surface area contributed by atoms with E-state index in [4.69, 9.17) is 18.9 Å². The molecule has 224 valence electrons. The molecule has 12 atom stereocenters. The van der Waals surface area contributed by atoms with Gasteiger partial charge in [0.2, 0.25) is 0 Å². The highest BCUT2D eigenvalue weighted by Crippen LogP contribution is 2.33. The third-order valence-corrected chi connectivity index (χ3v) is 7.52. The number of hydrogen-bond donors (Lipinski definition) is 4. The van der Waals surface area contributed by atoms with Crippen molar-refractivity contribution in [1.82, 2.24) is 4.90 Å². The number of esters is 1. The van der Waals surface area contributed by atoms with E-state index in [2.05, 4.69) is 0 Å². The summed E-state index contributed by atoms with van der Waals surface area (Å²) in [6.07, 6.45) is -0.965. The highest BCUT2D eigenvalue weighted by Gasteiger charge is 2.47. The molecule has 0 bridgehead atoms. The Hall–Kier alpha value is -1.70. The van der Waals surface area contributed by atoms with Gasteiger partial charge in [-0.05, 0) is 46.2 Å². The SMILES string of the molecule is COC1[C@H](O)CC(=O)O[C@H](C)C/C=C/C=C/[C@@H](O)[C@H](C)C[C@H](CC=O)[C@@H]1O[C@@H]1O[C@H](C)[C@@H](O)[C@H](N(C)C)[C@H]1O. The van der Waals surface area contributed by atoms with Crippen molar-refractivity contribution >= 4 is 12.3 Å². The van der Waals surface area contributed by atoms with Gasteiger partial charge in [-0.2, -0.15) is 0 Å². The van der Waals surface area contributed by atoms with E-state index in [0.717, 1.165) is 6.29 Å². The molecule has 0 saturated carbocycles. The fraction of sp³-hybridized carbons (Fsp3) is 0.786. The number of rotatable bonds is 6. The number of allylic oxidation sites excluding steroid dienone is 2. The van der Waals surface area contributed by atoms with Crippen molar-refractivity contribution in [3.63, 3.8) is 0 Å². The lowest BCUT2D eigenvalue weighted by atomic mass is 9.82. The average Bonchev–Trinajstić information content (AvgIpc) is 2.85. The number of likely N-dealkylation sites (N-methyl/N-ethyl adjacent to an activating group) is 1. The van der Waals surface area contributed by atoms with Crippen molar-refractivity contribution in [2.24, 2.45) is 11.8 Å². The highest BCUT2D eigenvalue weighted by atomic mass is 16.7. The Kier molecular flexibility index (Phi) is 13.7. The normalized spacial score (nSPS) is 43.0. The lowest BCUT2D eigenvalue weighted by Gasteiger charge is -2.46. The van der Waals surface area contributed by atoms with E-state index in [1.165, 1.54) is 7.11 Å². The standard InChI is InChI=1S/C28H47NO10/c1-16-14-19(12-13-30)26(39-28-25(35)23(29(4)5)24(34)18(3)38-28)27(36-6)21(32)15-22(33)37-17(2)10-8-7-9-11-20(16)31/h7-9,11,13,16-21,23-28,31-32,34-35H,10,12,14-15H2,1-6H3/b8-7+,11-9+/t16-,17-,18-,19+,20-,21-,23+,24-,25-,26+,27?,28+/m1/s1. The monoisotopic (exact) mass is 557 g/mol. The molecule has 0 aliphatic carbocycles. The molecule has 2 aliphatic heterocycles. The maximum atomic E-state index is 12.6. The van der Waals surface area contributed by atoms with Gasteiger partial charge in [0.1, 0.15) is 24.6 Å². The van der Waals surface area contributed by atoms with Crippen LogP contribution in [0.15, 0.2) is 24.3 Å². The number of aldehydes is 1. The predicted molar refractivity (Wildman–Crippen MR) is 143 cm³/mol. The fourth-order valence-electron chi connectivity index (χ4n) is 5.29. The lowest BCUT2D eigenvalue weighted by molar-refractivity contribution is -0.309. The first-order valence-corrected chi connectivity index (χ1v) is 13.6. The van der Waals surface area contributed by atoms with E-state index in [1.807, 2.05) is 13.0 Å². The van der Waals surface area contributed by atoms with Crippen molar-refractivity contribution in [3.8, 4) is 0 Å². The van der Waals surface area contributed by atoms with Crippen molar-refractivity contribution in [2.75, 3.05) is 21.2 Å². The third-order valence-electron chi connectivity index (χ3n) is 7.52. The molecule has 2 aliphatic rings. The van der Waals surface area contributed by atoms with E-state index in [9.17, 15) is 30.0 Å². The van der Waals surface area contributed by atoms with Crippen LogP contribution in [0, 0.1) is 11.8 Å². The summed E-state index contributed by atoms with van der Waals surface area (Å²) in [6.45, 7) is 5.22. The van der Waals surface area contributed by atoms with Crippen LogP contribution in [0.2, 0.25) is 0 Å². The zero-order valence-corrected chi connectivity index (χ0v) is 23.8. The molecule has 4 N–H and O–H groups in total. The van der Waals surface area contributed by atoms with Crippen LogP contribution in [0.5, 0.6) is 0 Å². The van der Waals surface area contributed by atoms with Gasteiger partial charge in [0, 0.05) is 20.0 Å². The molecule has 1 unspecified atom stereocenters. The largest absolute Gasteiger partial charge is 0.462 e. The Morgan fingerprint density at radius 1 is 1.08 bits per heavy atom. The smallest absolute Gasteiger partial charge is 0.308 e. The van der Waals surface area contributed by atoms with Gasteiger partial charge in [-0.15, -0.1) is 0 Å². The Morgan fingerprint density at radius 2 is 1.77 bits per heavy atom. The van der Waals surface area contributed by atoms with Crippen molar-refractivity contribution in [2.45, 2.75) is 108 Å². The first-order valence-electron chi connectivity index (χ1n) is 13.6. The van der Waals surface area contributed by atoms with Crippen LogP contribution in [0.1, 0.15) is 46.5 Å². The zero-order chi connectivity index (χ0) is 29.3. The molecule has 11 heteroatoms. The molecule has 1 saturated heterocycles. The zero-order valence-electron chi connectivity index (χ0n) is 23.8. The van der Waals surface area contributed by atoms with Gasteiger partial charge in [-0.1, -0.05) is 31.2 Å². The molecule has 2 rings (SSSR count). The second kappa shape index (κ2) is 15.9. The van der Waals surface area contributed by atoms with E-state index >= 15 is 0 Å². The van der Waals surface area contributed by atoms with E-state index in [1.54, 1.807) is 51.1 Å². The van der Waals surface area contributed by atoms with Crippen LogP contribution in [-0.2, 0) is 28.5 Å². The maximum absolute atomic E-state index is 12.6. The van der Waals surface area contributed by atoms with Crippen LogP contribution < -0.4 is 0 Å². The van der Waals surface area contributed by atoms with Crippen LogP contribution in [0.3, 0.4) is 0 Å². The number of aliphatic hydroxyl groups is 4. The summed E-state index contributed by atoms with van der Waals surface area (Å²) in [7, 11) is 4.79. The minimum atomic E-state index is -1.37. The van der Waals surface area contributed by atoms with Crippen LogP contribution >= 0.6 is 0 Å². The summed E-state index contributed by atoms with van der Waals surface area (Å²) in [5.41, 5.74) is 0. The van der Waals surface area contributed by atoms with E-state index in [0.29, 0.717) is 12.8 Å². The first-order chi connectivity index (χ1) is 18.4. The molecule has 0 aromatic rings. The second-order valence-corrected chi connectivity index (χ2v) is 10.9. The number of hydrogen-bond acceptors (Lipinski definition) is 11. The Balaban J connectivity index is 2.48. The van der Waals surface area contributed by atoms with Gasteiger partial charge in [0.15, 0.2) is 6.29 Å². The molecule has 11 nitrogen and oxygen atoms in total. The second-order valence-electron chi connectivity index (χ2n) is 10.9. The number of methoxy groups -OCH3 is 1. The molecule has 1 fully saturated rings. The van der Waals surface area contributed by atoms with Gasteiger partial charge in [-0.3, -0.25) is 4.79 Å². The summed E-state index contributed by atoms with van der Waals surface area (Å²) in [5.74, 6) is -1.53. The number of aliphatic hydroxyl groups excluding tert-OH is 4. The number of carbonyl (C=O) groups is 2. The van der Waals surface area contributed by atoms with Gasteiger partial charge >= 0.3 is 5.97 Å². The van der Waals surface area contributed by atoms with Gasteiger partial charge < -0.3 is 49.1 Å². The summed E-state index contributed by atoms with van der Waals surface area (Å²) < 4.78 is 23.2. The number of carbonyl (C=O) groups excluding carboxylic acids is 2. The molecule has 0 radical (unpaired) electrons. The fourth-order valence-corrected chi connectivity index (χ4v) is 5.29. The molecule has 0 spiro atoms. The quantitative estimate of drug-likeness (QED) is 0.268. The predicted octanol–water partition coefficient (Wildman–Crippen LogP) is 0.575. The van der Waals surface area contributed by atoms with Crippen molar-refractivity contribution < 1.29 is 49.0 Å². The molecular weight excluding hydrogens is 510 g/mol. The van der Waals surface area contributed by atoms with Crippen LogP contribution in [-0.4, -0.2) is 120 Å². The molecule has 0 aromatic heterocycles. The highest BCUT2D eigenvalue weighted by molar-refractivity contribution is 5.70. The van der Waals surface area contributed by atoms with Crippen LogP contribution in [0.25, 0.3) is 0 Å². The maximum Gasteiger partial charge on any atom is 0.308 e. The number of cyclic esters (lactones) is 1. The van der Waals surface area contributed by atoms with Gasteiger partial charge in [0.05, 0.1) is 43.0 Å². The van der Waals surface area contributed by atoms with Gasteiger partial charge in [0.25, 0.3) is 0 Å². The van der Waals surface area contributed by atoms with Gasteiger partial charge in [-0.25, -0.2) is 0 Å². The van der Waals surface area contributed by atoms with Crippen molar-refractivity contribution in [1.29, 1.82) is 0 Å². The Labute approximate surface area is 231 Å². The Bertz CT molecular complexity index is 820. The first kappa shape index (κ1) is 33.5. The number of ether oxygens (including phenoxy) is 4. The summed E-state index contributed by atoms with van der Waals surface area (Å²) >= 11 is 0. The third kappa shape index (κ3) is 9.43. The summed E-state index contributed by atoms with van der Waals surface area (Å²) in [6, 6.07) is -0.712.